The van der Waals surface area contributed by atoms with Gasteiger partial charge in [0, 0.05) is 18.3 Å². The van der Waals surface area contributed by atoms with Crippen LogP contribution in [0.1, 0.15) is 5.56 Å². The number of hydrogen-bond donors (Lipinski definition) is 1. The predicted molar refractivity (Wildman–Crippen MR) is 123 cm³/mol. The number of amides is 1. The minimum absolute atomic E-state index is 0.0568. The lowest BCUT2D eigenvalue weighted by molar-refractivity contribution is -0.118. The molecule has 0 saturated carbocycles. The number of sulfonamides is 1. The van der Waals surface area contributed by atoms with Crippen LogP contribution in [0.15, 0.2) is 65.6 Å². The van der Waals surface area contributed by atoms with E-state index in [9.17, 15) is 13.2 Å². The molecule has 8 nitrogen and oxygen atoms in total. The smallest absolute Gasteiger partial charge is 0.264 e. The van der Waals surface area contributed by atoms with E-state index in [-0.39, 0.29) is 29.1 Å². The van der Waals surface area contributed by atoms with Crippen LogP contribution in [0.3, 0.4) is 0 Å². The van der Waals surface area contributed by atoms with Crippen molar-refractivity contribution in [2.75, 3.05) is 29.6 Å². The molecule has 0 bridgehead atoms. The van der Waals surface area contributed by atoms with Gasteiger partial charge in [-0.3, -0.25) is 9.10 Å². The minimum Gasteiger partial charge on any atom is -0.482 e. The molecule has 5 rings (SSSR count). The van der Waals surface area contributed by atoms with Gasteiger partial charge in [0.25, 0.3) is 15.9 Å². The fraction of sp³-hybridized carbons (Fsp3) is 0.174. The van der Waals surface area contributed by atoms with E-state index in [1.54, 1.807) is 24.3 Å². The molecule has 0 saturated heterocycles. The van der Waals surface area contributed by atoms with Crippen molar-refractivity contribution in [1.29, 1.82) is 0 Å². The molecule has 1 N–H and O–H groups in total. The van der Waals surface area contributed by atoms with Gasteiger partial charge in [0.05, 0.1) is 15.6 Å². The average Bonchev–Trinajstić information content (AvgIpc) is 3.45. The van der Waals surface area contributed by atoms with Crippen molar-refractivity contribution in [3.8, 4) is 17.2 Å². The molecule has 170 valence electrons. The monoisotopic (exact) mass is 486 g/mol. The number of para-hydroxylation sites is 1. The van der Waals surface area contributed by atoms with Gasteiger partial charge in [0.2, 0.25) is 6.79 Å². The summed E-state index contributed by atoms with van der Waals surface area (Å²) in [5.41, 5.74) is 2.20. The summed E-state index contributed by atoms with van der Waals surface area (Å²) in [5, 5.41) is 2.80. The average molecular weight is 487 g/mol. The second-order valence-corrected chi connectivity index (χ2v) is 9.72. The molecular formula is C23H19ClN2O6S. The summed E-state index contributed by atoms with van der Waals surface area (Å²) in [6, 6.07) is 16.7. The summed E-state index contributed by atoms with van der Waals surface area (Å²) in [6.45, 7) is 0.210. The van der Waals surface area contributed by atoms with Gasteiger partial charge in [0.15, 0.2) is 18.1 Å². The first-order chi connectivity index (χ1) is 15.9. The third-order valence-electron chi connectivity index (χ3n) is 5.35. The van der Waals surface area contributed by atoms with E-state index in [1.165, 1.54) is 22.5 Å². The van der Waals surface area contributed by atoms with Gasteiger partial charge in [-0.1, -0.05) is 29.8 Å². The van der Waals surface area contributed by atoms with Crippen LogP contribution < -0.4 is 23.8 Å². The number of rotatable bonds is 6. The van der Waals surface area contributed by atoms with Crippen molar-refractivity contribution in [3.63, 3.8) is 0 Å². The van der Waals surface area contributed by atoms with Crippen LogP contribution in [0, 0.1) is 0 Å². The first-order valence-electron chi connectivity index (χ1n) is 10.1. The van der Waals surface area contributed by atoms with E-state index in [4.69, 9.17) is 25.8 Å². The Hall–Kier alpha value is -3.43. The molecule has 10 heteroatoms. The van der Waals surface area contributed by atoms with Crippen LogP contribution in [-0.4, -0.2) is 34.3 Å². The molecule has 0 aromatic heterocycles. The van der Waals surface area contributed by atoms with Gasteiger partial charge < -0.3 is 19.5 Å². The summed E-state index contributed by atoms with van der Waals surface area (Å²) >= 11 is 6.28. The Morgan fingerprint density at radius 2 is 1.88 bits per heavy atom. The number of nitrogens with one attached hydrogen (secondary N) is 1. The van der Waals surface area contributed by atoms with Crippen LogP contribution in [0.5, 0.6) is 17.2 Å². The number of fused-ring (bicyclic) bond motifs is 2. The molecule has 3 aromatic carbocycles. The van der Waals surface area contributed by atoms with E-state index >= 15 is 0 Å². The molecule has 1 amide bonds. The van der Waals surface area contributed by atoms with Crippen molar-refractivity contribution in [1.82, 2.24) is 0 Å². The van der Waals surface area contributed by atoms with Crippen LogP contribution >= 0.6 is 11.6 Å². The zero-order valence-corrected chi connectivity index (χ0v) is 18.9. The summed E-state index contributed by atoms with van der Waals surface area (Å²) in [6.07, 6.45) is 0.656. The molecule has 2 heterocycles. The van der Waals surface area contributed by atoms with E-state index in [0.29, 0.717) is 35.8 Å². The number of carbonyl (C=O) groups is 1. The van der Waals surface area contributed by atoms with Crippen LogP contribution in [0.2, 0.25) is 5.02 Å². The second-order valence-electron chi connectivity index (χ2n) is 7.45. The lowest BCUT2D eigenvalue weighted by Gasteiger charge is -2.20. The van der Waals surface area contributed by atoms with E-state index in [0.717, 1.165) is 5.56 Å². The van der Waals surface area contributed by atoms with Gasteiger partial charge in [-0.2, -0.15) is 0 Å². The Balaban J connectivity index is 1.25. The fourth-order valence-electron chi connectivity index (χ4n) is 3.76. The maximum absolute atomic E-state index is 13.2. The van der Waals surface area contributed by atoms with Crippen molar-refractivity contribution in [2.24, 2.45) is 0 Å². The third-order valence-corrected chi connectivity index (χ3v) is 7.46. The molecule has 0 unspecified atom stereocenters. The van der Waals surface area contributed by atoms with Crippen LogP contribution in [0.25, 0.3) is 0 Å². The normalized spacial score (nSPS) is 14.2. The highest BCUT2D eigenvalue weighted by Gasteiger charge is 2.31. The van der Waals surface area contributed by atoms with Crippen LogP contribution in [-0.2, 0) is 21.2 Å². The highest BCUT2D eigenvalue weighted by Crippen LogP contribution is 2.36. The van der Waals surface area contributed by atoms with Crippen molar-refractivity contribution >= 4 is 38.9 Å². The van der Waals surface area contributed by atoms with Gasteiger partial charge in [-0.25, -0.2) is 8.42 Å². The van der Waals surface area contributed by atoms with Gasteiger partial charge in [-0.05, 0) is 48.4 Å². The SMILES string of the molecule is O=C(COc1ccc(S(=O)(=O)N2CCc3ccccc32)cc1Cl)Nc1ccc2c(c1)OCO2. The summed E-state index contributed by atoms with van der Waals surface area (Å²) in [7, 11) is -3.78. The third kappa shape index (κ3) is 4.17. The number of benzene rings is 3. The topological polar surface area (TPSA) is 94.2 Å². The van der Waals surface area contributed by atoms with Gasteiger partial charge >= 0.3 is 0 Å². The number of carbonyl (C=O) groups excluding carboxylic acids is 1. The summed E-state index contributed by atoms with van der Waals surface area (Å²) in [4.78, 5) is 12.3. The Labute approximate surface area is 195 Å². The Bertz CT molecular complexity index is 1340. The molecular weight excluding hydrogens is 468 g/mol. The lowest BCUT2D eigenvalue weighted by Crippen LogP contribution is -2.29. The first kappa shape index (κ1) is 21.4. The number of hydrogen-bond acceptors (Lipinski definition) is 6. The standard InChI is InChI=1S/C23H19ClN2O6S/c24-18-12-17(33(28,29)26-10-9-15-3-1-2-4-19(15)26)6-8-20(18)30-13-23(27)25-16-5-7-21-22(11-16)32-14-31-21/h1-8,11-12H,9-10,13-14H2,(H,25,27). The molecule has 0 aliphatic carbocycles. The van der Waals surface area contributed by atoms with Gasteiger partial charge in [0.1, 0.15) is 5.75 Å². The summed E-state index contributed by atoms with van der Waals surface area (Å²) in [5.74, 6) is 0.964. The van der Waals surface area contributed by atoms with E-state index in [2.05, 4.69) is 5.32 Å². The lowest BCUT2D eigenvalue weighted by atomic mass is 10.2. The zero-order valence-electron chi connectivity index (χ0n) is 17.3. The molecule has 3 aromatic rings. The van der Waals surface area contributed by atoms with Crippen molar-refractivity contribution in [2.45, 2.75) is 11.3 Å². The molecule has 0 atom stereocenters. The Kier molecular flexibility index (Phi) is 5.51. The van der Waals surface area contributed by atoms with Crippen molar-refractivity contribution < 1.29 is 27.4 Å². The highest BCUT2D eigenvalue weighted by molar-refractivity contribution is 7.92. The van der Waals surface area contributed by atoms with Gasteiger partial charge in [-0.15, -0.1) is 0 Å². The largest absolute Gasteiger partial charge is 0.482 e. The molecule has 2 aliphatic heterocycles. The maximum atomic E-state index is 13.2. The molecule has 0 radical (unpaired) electrons. The Morgan fingerprint density at radius 1 is 1.06 bits per heavy atom. The van der Waals surface area contributed by atoms with E-state index in [1.807, 2.05) is 18.2 Å². The predicted octanol–water partition coefficient (Wildman–Crippen LogP) is 3.84. The quantitative estimate of drug-likeness (QED) is 0.569. The zero-order chi connectivity index (χ0) is 23.0. The fourth-order valence-corrected chi connectivity index (χ4v) is 5.59. The van der Waals surface area contributed by atoms with Crippen LogP contribution in [0.4, 0.5) is 11.4 Å². The first-order valence-corrected chi connectivity index (χ1v) is 12.0. The molecule has 33 heavy (non-hydrogen) atoms. The maximum Gasteiger partial charge on any atom is 0.264 e. The number of anilines is 2. The van der Waals surface area contributed by atoms with Crippen molar-refractivity contribution in [3.05, 3.63) is 71.2 Å². The minimum atomic E-state index is -3.78. The molecule has 2 aliphatic rings. The number of halogens is 1. The second kappa shape index (κ2) is 8.49. The number of nitrogens with zero attached hydrogens (tertiary/aromatic N) is 1. The molecule has 0 fully saturated rings. The highest BCUT2D eigenvalue weighted by atomic mass is 35.5. The molecule has 0 spiro atoms. The van der Waals surface area contributed by atoms with E-state index < -0.39 is 15.9 Å². The number of ether oxygens (including phenoxy) is 3. The summed E-state index contributed by atoms with van der Waals surface area (Å²) < 4.78 is 43.7. The Morgan fingerprint density at radius 3 is 2.73 bits per heavy atom.